The van der Waals surface area contributed by atoms with Crippen LogP contribution < -0.4 is 0 Å². The average Bonchev–Trinajstić information content (AvgIpc) is 1.99. The van der Waals surface area contributed by atoms with E-state index in [0.717, 1.165) is 6.42 Å². The third kappa shape index (κ3) is 3.36. The Hall–Kier alpha value is -0.353. The van der Waals surface area contributed by atoms with Crippen molar-refractivity contribution in [2.24, 2.45) is 0 Å². The SMILES string of the molecule is CCC(OC(C)=O)[Si](C)(C)OC. The van der Waals surface area contributed by atoms with Crippen molar-refractivity contribution in [2.75, 3.05) is 7.11 Å². The molecule has 0 rings (SSSR count). The molecule has 0 aliphatic carbocycles. The predicted octanol–water partition coefficient (Wildman–Crippen LogP) is 1.72. The molecule has 0 aliphatic rings. The topological polar surface area (TPSA) is 35.5 Å². The molecule has 12 heavy (non-hydrogen) atoms. The van der Waals surface area contributed by atoms with Crippen molar-refractivity contribution in [3.63, 3.8) is 0 Å². The Balaban J connectivity index is 4.23. The number of hydrogen-bond acceptors (Lipinski definition) is 3. The minimum absolute atomic E-state index is 0.0278. The van der Waals surface area contributed by atoms with Crippen molar-refractivity contribution in [3.05, 3.63) is 0 Å². The predicted molar refractivity (Wildman–Crippen MR) is 50.3 cm³/mol. The molecule has 4 heteroatoms. The van der Waals surface area contributed by atoms with Gasteiger partial charge in [-0.15, -0.1) is 0 Å². The third-order valence-corrected chi connectivity index (χ3v) is 5.11. The van der Waals surface area contributed by atoms with Crippen LogP contribution in [0, 0.1) is 0 Å². The molecule has 0 heterocycles. The summed E-state index contributed by atoms with van der Waals surface area (Å²) >= 11 is 0. The largest absolute Gasteiger partial charge is 0.463 e. The van der Waals surface area contributed by atoms with E-state index in [0.29, 0.717) is 0 Å². The van der Waals surface area contributed by atoms with Gasteiger partial charge in [-0.1, -0.05) is 6.92 Å². The molecule has 0 amide bonds. The van der Waals surface area contributed by atoms with Crippen molar-refractivity contribution in [1.82, 2.24) is 0 Å². The minimum atomic E-state index is -1.81. The highest BCUT2D eigenvalue weighted by Crippen LogP contribution is 2.15. The fourth-order valence-electron chi connectivity index (χ4n) is 1.05. The van der Waals surface area contributed by atoms with Gasteiger partial charge in [0, 0.05) is 14.0 Å². The van der Waals surface area contributed by atoms with Gasteiger partial charge in [-0.2, -0.15) is 0 Å². The first kappa shape index (κ1) is 11.6. The number of ether oxygens (including phenoxy) is 1. The Morgan fingerprint density at radius 1 is 1.50 bits per heavy atom. The molecular weight excluding hydrogens is 172 g/mol. The number of carbonyl (C=O) groups excluding carboxylic acids is 1. The molecule has 1 atom stereocenters. The number of carbonyl (C=O) groups is 1. The van der Waals surface area contributed by atoms with Gasteiger partial charge >= 0.3 is 5.97 Å². The molecule has 0 aromatic carbocycles. The maximum Gasteiger partial charge on any atom is 0.302 e. The van der Waals surface area contributed by atoms with Gasteiger partial charge in [0.25, 0.3) is 0 Å². The smallest absolute Gasteiger partial charge is 0.302 e. The zero-order chi connectivity index (χ0) is 9.78. The van der Waals surface area contributed by atoms with E-state index in [1.54, 1.807) is 7.11 Å². The number of rotatable bonds is 4. The van der Waals surface area contributed by atoms with Crippen molar-refractivity contribution < 1.29 is 14.0 Å². The van der Waals surface area contributed by atoms with E-state index in [1.807, 2.05) is 20.0 Å². The lowest BCUT2D eigenvalue weighted by Gasteiger charge is -2.28. The minimum Gasteiger partial charge on any atom is -0.463 e. The highest BCUT2D eigenvalue weighted by molar-refractivity contribution is 6.72. The summed E-state index contributed by atoms with van der Waals surface area (Å²) in [6, 6.07) is 0. The third-order valence-electron chi connectivity index (χ3n) is 1.98. The van der Waals surface area contributed by atoms with Gasteiger partial charge in [-0.25, -0.2) is 0 Å². The molecule has 0 fully saturated rings. The van der Waals surface area contributed by atoms with E-state index in [2.05, 4.69) is 0 Å². The first-order valence-corrected chi connectivity index (χ1v) is 7.15. The molecule has 1 unspecified atom stereocenters. The molecule has 3 nitrogen and oxygen atoms in total. The fourth-order valence-corrected chi connectivity index (χ4v) is 2.74. The second-order valence-corrected chi connectivity index (χ2v) is 7.57. The first-order chi connectivity index (χ1) is 5.44. The van der Waals surface area contributed by atoms with Crippen molar-refractivity contribution in [1.29, 1.82) is 0 Å². The summed E-state index contributed by atoms with van der Waals surface area (Å²) in [6.45, 7) is 7.53. The molecule has 0 N–H and O–H groups in total. The Labute approximate surface area is 75.2 Å². The molecule has 0 spiro atoms. The Morgan fingerprint density at radius 2 is 2.00 bits per heavy atom. The van der Waals surface area contributed by atoms with Gasteiger partial charge in [0.05, 0.1) is 0 Å². The summed E-state index contributed by atoms with van der Waals surface area (Å²) in [7, 11) is -0.134. The van der Waals surface area contributed by atoms with Crippen LogP contribution >= 0.6 is 0 Å². The van der Waals surface area contributed by atoms with Gasteiger partial charge in [0.1, 0.15) is 5.73 Å². The second kappa shape index (κ2) is 4.62. The molecule has 72 valence electrons. The van der Waals surface area contributed by atoms with Gasteiger partial charge in [-0.05, 0) is 19.5 Å². The molecule has 0 radical (unpaired) electrons. The van der Waals surface area contributed by atoms with Gasteiger partial charge < -0.3 is 9.16 Å². The lowest BCUT2D eigenvalue weighted by atomic mass is 10.5. The van der Waals surface area contributed by atoms with E-state index in [-0.39, 0.29) is 11.7 Å². The standard InChI is InChI=1S/C8H18O3Si/c1-6-8(11-7(2)9)12(4,5)10-3/h8H,6H2,1-5H3. The van der Waals surface area contributed by atoms with Crippen LogP contribution in [-0.4, -0.2) is 27.1 Å². The monoisotopic (exact) mass is 190 g/mol. The zero-order valence-corrected chi connectivity index (χ0v) is 9.51. The maximum absolute atomic E-state index is 10.7. The van der Waals surface area contributed by atoms with E-state index in [9.17, 15) is 4.79 Å². The van der Waals surface area contributed by atoms with E-state index in [4.69, 9.17) is 9.16 Å². The fraction of sp³-hybridized carbons (Fsp3) is 0.875. The van der Waals surface area contributed by atoms with Crippen molar-refractivity contribution in [2.45, 2.75) is 39.1 Å². The summed E-state index contributed by atoms with van der Waals surface area (Å²) < 4.78 is 10.5. The van der Waals surface area contributed by atoms with E-state index >= 15 is 0 Å². The zero-order valence-electron chi connectivity index (χ0n) is 8.51. The highest BCUT2D eigenvalue weighted by atomic mass is 28.4. The molecule has 0 aromatic heterocycles. The van der Waals surface area contributed by atoms with Gasteiger partial charge in [0.2, 0.25) is 8.32 Å². The quantitative estimate of drug-likeness (QED) is 0.500. The summed E-state index contributed by atoms with van der Waals surface area (Å²) in [6.07, 6.45) is 0.826. The van der Waals surface area contributed by atoms with Crippen molar-refractivity contribution >= 4 is 14.3 Å². The Bertz CT molecular complexity index is 156. The molecular formula is C8H18O3Si. The van der Waals surface area contributed by atoms with Gasteiger partial charge in [0.15, 0.2) is 0 Å². The lowest BCUT2D eigenvalue weighted by molar-refractivity contribution is -0.143. The molecule has 0 saturated heterocycles. The molecule has 0 aliphatic heterocycles. The van der Waals surface area contributed by atoms with E-state index < -0.39 is 8.32 Å². The van der Waals surface area contributed by atoms with Crippen LogP contribution in [0.2, 0.25) is 13.1 Å². The summed E-state index contributed by atoms with van der Waals surface area (Å²) in [5, 5.41) is 0. The highest BCUT2D eigenvalue weighted by Gasteiger charge is 2.33. The summed E-state index contributed by atoms with van der Waals surface area (Å²) in [5.41, 5.74) is -0.0278. The number of esters is 1. The molecule has 0 bridgehead atoms. The van der Waals surface area contributed by atoms with Crippen LogP contribution in [0.5, 0.6) is 0 Å². The van der Waals surface area contributed by atoms with Crippen LogP contribution in [0.25, 0.3) is 0 Å². The first-order valence-electron chi connectivity index (χ1n) is 4.16. The Morgan fingerprint density at radius 3 is 2.25 bits per heavy atom. The maximum atomic E-state index is 10.7. The van der Waals surface area contributed by atoms with Crippen LogP contribution in [0.15, 0.2) is 0 Å². The number of hydrogen-bond donors (Lipinski definition) is 0. The normalized spacial score (nSPS) is 14.1. The average molecular weight is 190 g/mol. The van der Waals surface area contributed by atoms with Crippen LogP contribution in [-0.2, 0) is 14.0 Å². The van der Waals surface area contributed by atoms with E-state index in [1.165, 1.54) is 6.92 Å². The van der Waals surface area contributed by atoms with Crippen LogP contribution in [0.1, 0.15) is 20.3 Å². The summed E-state index contributed by atoms with van der Waals surface area (Å²) in [4.78, 5) is 10.7. The van der Waals surface area contributed by atoms with Crippen LogP contribution in [0.4, 0.5) is 0 Å². The van der Waals surface area contributed by atoms with Crippen LogP contribution in [0.3, 0.4) is 0 Å². The Kier molecular flexibility index (Phi) is 4.48. The lowest BCUT2D eigenvalue weighted by Crippen LogP contribution is -2.46. The van der Waals surface area contributed by atoms with Crippen molar-refractivity contribution in [3.8, 4) is 0 Å². The summed E-state index contributed by atoms with van der Waals surface area (Å²) in [5.74, 6) is -0.223. The molecule has 0 saturated carbocycles. The molecule has 0 aromatic rings. The second-order valence-electron chi connectivity index (χ2n) is 3.31. The van der Waals surface area contributed by atoms with Gasteiger partial charge in [-0.3, -0.25) is 4.79 Å².